The topological polar surface area (TPSA) is 142 Å². The number of ether oxygens (including phenoxy) is 2. The van der Waals surface area contributed by atoms with Gasteiger partial charge in [-0.1, -0.05) is 48.5 Å². The van der Waals surface area contributed by atoms with Crippen molar-refractivity contribution in [2.75, 3.05) is 19.6 Å². The van der Waals surface area contributed by atoms with E-state index < -0.39 is 11.2 Å². The number of imidazole rings is 2. The molecule has 4 N–H and O–H groups in total. The van der Waals surface area contributed by atoms with E-state index in [0.717, 1.165) is 75.3 Å². The van der Waals surface area contributed by atoms with Crippen molar-refractivity contribution in [2.45, 2.75) is 84.1 Å². The zero-order valence-electron chi connectivity index (χ0n) is 30.9. The zero-order valence-corrected chi connectivity index (χ0v) is 30.9. The Hall–Kier alpha value is -5.16. The number of benzene rings is 3. The number of nitrogens with zero attached hydrogens (tertiary/aromatic N) is 4. The molecule has 0 bridgehead atoms. The van der Waals surface area contributed by atoms with Gasteiger partial charge in [0.15, 0.2) is 0 Å². The summed E-state index contributed by atoms with van der Waals surface area (Å²) in [6.45, 7) is 13.0. The number of H-pyrrole nitrogens is 2. The summed E-state index contributed by atoms with van der Waals surface area (Å²) < 4.78 is 11.3. The maximum absolute atomic E-state index is 13.0. The van der Waals surface area contributed by atoms with Crippen LogP contribution in [0.5, 0.6) is 0 Å². The van der Waals surface area contributed by atoms with E-state index in [1.54, 1.807) is 9.80 Å². The number of rotatable bonds is 6. The number of nitrogens with two attached hydrogens (primary N) is 1. The van der Waals surface area contributed by atoms with E-state index in [-0.39, 0.29) is 30.2 Å². The van der Waals surface area contributed by atoms with Crippen molar-refractivity contribution in [3.63, 3.8) is 0 Å². The van der Waals surface area contributed by atoms with Gasteiger partial charge in [0.2, 0.25) is 0 Å². The largest absolute Gasteiger partial charge is 0.444 e. The van der Waals surface area contributed by atoms with Crippen molar-refractivity contribution in [3.8, 4) is 33.6 Å². The summed E-state index contributed by atoms with van der Waals surface area (Å²) in [5, 5.41) is 2.26. The summed E-state index contributed by atoms with van der Waals surface area (Å²) in [4.78, 5) is 45.7. The van der Waals surface area contributed by atoms with Crippen LogP contribution >= 0.6 is 0 Å². The predicted octanol–water partition coefficient (Wildman–Crippen LogP) is 8.62. The van der Waals surface area contributed by atoms with Crippen LogP contribution in [0.4, 0.5) is 9.59 Å². The molecule has 7 rings (SSSR count). The van der Waals surface area contributed by atoms with Gasteiger partial charge in [-0.3, -0.25) is 9.80 Å². The standard InChI is InChI=1S/C41H49N7O4/c1-40(2,3)51-38(49)47-17-7-8-34(47)36-43-23-33(46-36)31-16-15-29-19-28(13-14-30(29)20-31)26-9-11-27(12-10-26)32-22-44-37(45-32)35-18-25(21-42)24-48(35)39(50)52-41(4,5)6/h9-16,19-20,22-23,25,34-35H,7-8,17-18,21,24,42H2,1-6H3,(H,43,46)(H,44,45)/t25-,34+,35+/m1/s1. The Labute approximate surface area is 304 Å². The Morgan fingerprint density at radius 1 is 0.731 bits per heavy atom. The van der Waals surface area contributed by atoms with E-state index in [1.807, 2.05) is 53.9 Å². The molecule has 52 heavy (non-hydrogen) atoms. The van der Waals surface area contributed by atoms with E-state index in [9.17, 15) is 9.59 Å². The number of carbonyl (C=O) groups is 2. The van der Waals surface area contributed by atoms with Crippen LogP contribution in [-0.2, 0) is 9.47 Å². The van der Waals surface area contributed by atoms with Gasteiger partial charge in [-0.2, -0.15) is 0 Å². The van der Waals surface area contributed by atoms with Gasteiger partial charge in [0, 0.05) is 18.7 Å². The minimum absolute atomic E-state index is 0.126. The molecule has 0 spiro atoms. The van der Waals surface area contributed by atoms with Crippen molar-refractivity contribution in [2.24, 2.45) is 11.7 Å². The van der Waals surface area contributed by atoms with Crippen LogP contribution in [-0.4, -0.2) is 72.8 Å². The monoisotopic (exact) mass is 703 g/mol. The van der Waals surface area contributed by atoms with Crippen LogP contribution in [0.1, 0.15) is 84.5 Å². The number of aromatic amines is 2. The minimum atomic E-state index is -0.582. The van der Waals surface area contributed by atoms with Crippen LogP contribution in [0.15, 0.2) is 73.1 Å². The Morgan fingerprint density at radius 3 is 1.87 bits per heavy atom. The molecule has 2 aromatic heterocycles. The van der Waals surface area contributed by atoms with Gasteiger partial charge in [-0.25, -0.2) is 19.6 Å². The van der Waals surface area contributed by atoms with Gasteiger partial charge in [0.1, 0.15) is 22.9 Å². The molecule has 272 valence electrons. The fraction of sp³-hybridized carbons (Fsp3) is 0.415. The Kier molecular flexibility index (Phi) is 9.33. The van der Waals surface area contributed by atoms with E-state index >= 15 is 0 Å². The summed E-state index contributed by atoms with van der Waals surface area (Å²) in [6.07, 6.45) is 5.54. The maximum Gasteiger partial charge on any atom is 0.410 e. The molecular formula is C41H49N7O4. The predicted molar refractivity (Wildman–Crippen MR) is 202 cm³/mol. The van der Waals surface area contributed by atoms with Crippen molar-refractivity contribution in [1.82, 2.24) is 29.7 Å². The molecule has 2 aliphatic heterocycles. The first-order valence-corrected chi connectivity index (χ1v) is 18.2. The van der Waals surface area contributed by atoms with Gasteiger partial charge in [-0.15, -0.1) is 0 Å². The van der Waals surface area contributed by atoms with Gasteiger partial charge in [-0.05, 0) is 113 Å². The molecule has 0 radical (unpaired) electrons. The molecule has 11 nitrogen and oxygen atoms in total. The van der Waals surface area contributed by atoms with E-state index in [1.165, 1.54) is 0 Å². The number of carbonyl (C=O) groups excluding carboxylic acids is 2. The molecule has 5 aromatic rings. The number of fused-ring (bicyclic) bond motifs is 1. The zero-order chi connectivity index (χ0) is 36.8. The highest BCUT2D eigenvalue weighted by atomic mass is 16.6. The summed E-state index contributed by atoms with van der Waals surface area (Å²) >= 11 is 0. The third-order valence-electron chi connectivity index (χ3n) is 9.73. The molecule has 3 atom stereocenters. The maximum atomic E-state index is 13.0. The average molecular weight is 704 g/mol. The lowest BCUT2D eigenvalue weighted by molar-refractivity contribution is 0.0206. The van der Waals surface area contributed by atoms with E-state index in [0.29, 0.717) is 19.6 Å². The van der Waals surface area contributed by atoms with Crippen molar-refractivity contribution >= 4 is 23.0 Å². The molecule has 3 aromatic carbocycles. The molecule has 0 aliphatic carbocycles. The van der Waals surface area contributed by atoms with Crippen LogP contribution in [0.2, 0.25) is 0 Å². The highest BCUT2D eigenvalue weighted by Gasteiger charge is 2.39. The lowest BCUT2D eigenvalue weighted by Gasteiger charge is -2.27. The fourth-order valence-electron chi connectivity index (χ4n) is 7.21. The van der Waals surface area contributed by atoms with Gasteiger partial charge in [0.25, 0.3) is 0 Å². The summed E-state index contributed by atoms with van der Waals surface area (Å²) in [5.74, 6) is 1.71. The number of hydrogen-bond acceptors (Lipinski definition) is 7. The molecule has 2 aliphatic rings. The smallest absolute Gasteiger partial charge is 0.410 e. The minimum Gasteiger partial charge on any atom is -0.444 e. The highest BCUT2D eigenvalue weighted by Crippen LogP contribution is 2.37. The molecule has 11 heteroatoms. The fourth-order valence-corrected chi connectivity index (χ4v) is 7.21. The number of amides is 2. The molecule has 4 heterocycles. The van der Waals surface area contributed by atoms with Crippen molar-refractivity contribution in [3.05, 3.63) is 84.7 Å². The number of nitrogens with one attached hydrogen (secondary N) is 2. The second-order valence-corrected chi connectivity index (χ2v) is 16.0. The van der Waals surface area contributed by atoms with Crippen LogP contribution < -0.4 is 5.73 Å². The summed E-state index contributed by atoms with van der Waals surface area (Å²) in [6, 6.07) is 21.0. The van der Waals surface area contributed by atoms with E-state index in [2.05, 4.69) is 80.6 Å². The molecule has 2 saturated heterocycles. The van der Waals surface area contributed by atoms with Crippen LogP contribution in [0.3, 0.4) is 0 Å². The normalized spacial score (nSPS) is 19.4. The van der Waals surface area contributed by atoms with Gasteiger partial charge >= 0.3 is 12.2 Å². The second kappa shape index (κ2) is 13.8. The Bertz CT molecular complexity index is 2070. The SMILES string of the molecule is CC(C)(C)OC(=O)N1CCC[C@H]1c1ncc(-c2ccc3cc(-c4ccc(-c5cnc([C@@H]6C[C@H](CN)CN6C(=O)OC(C)(C)C)[nH]5)cc4)ccc3c2)[nH]1. The van der Waals surface area contributed by atoms with Crippen LogP contribution in [0, 0.1) is 5.92 Å². The Balaban J connectivity index is 1.04. The molecule has 2 fully saturated rings. The van der Waals surface area contributed by atoms with Crippen molar-refractivity contribution in [1.29, 1.82) is 0 Å². The lowest BCUT2D eigenvalue weighted by Crippen LogP contribution is -2.37. The first kappa shape index (κ1) is 35.3. The third kappa shape index (κ3) is 7.55. The first-order valence-electron chi connectivity index (χ1n) is 18.2. The Morgan fingerprint density at radius 2 is 1.25 bits per heavy atom. The number of likely N-dealkylation sites (tertiary alicyclic amines) is 2. The first-order chi connectivity index (χ1) is 24.7. The van der Waals surface area contributed by atoms with Crippen molar-refractivity contribution < 1.29 is 19.1 Å². The molecular weight excluding hydrogens is 654 g/mol. The van der Waals surface area contributed by atoms with Gasteiger partial charge < -0.3 is 25.2 Å². The number of hydrogen-bond donors (Lipinski definition) is 3. The quantitative estimate of drug-likeness (QED) is 0.161. The third-order valence-corrected chi connectivity index (χ3v) is 9.73. The lowest BCUT2D eigenvalue weighted by atomic mass is 9.98. The summed E-state index contributed by atoms with van der Waals surface area (Å²) in [5.41, 5.74) is 11.0. The number of aromatic nitrogens is 4. The molecule has 0 saturated carbocycles. The van der Waals surface area contributed by atoms with Gasteiger partial charge in [0.05, 0.1) is 35.9 Å². The highest BCUT2D eigenvalue weighted by molar-refractivity contribution is 5.90. The van der Waals surface area contributed by atoms with E-state index in [4.69, 9.17) is 15.2 Å². The summed E-state index contributed by atoms with van der Waals surface area (Å²) in [7, 11) is 0. The average Bonchev–Trinajstić information content (AvgIpc) is 3.92. The van der Waals surface area contributed by atoms with Crippen LogP contribution in [0.25, 0.3) is 44.4 Å². The second-order valence-electron chi connectivity index (χ2n) is 16.0. The molecule has 0 unspecified atom stereocenters. The molecule has 2 amide bonds.